The zero-order valence-corrected chi connectivity index (χ0v) is 40.2. The number of ether oxygens (including phenoxy) is 8. The number of esters is 1. The fourth-order valence-electron chi connectivity index (χ4n) is 12.2. The summed E-state index contributed by atoms with van der Waals surface area (Å²) in [4.78, 5) is 31.2. The highest BCUT2D eigenvalue weighted by atomic mass is 79.9. The highest BCUT2D eigenvalue weighted by Crippen LogP contribution is 2.57. The molecule has 2 N–H and O–H groups in total. The molecule has 3 heterocycles. The largest absolute Gasteiger partial charge is 0.462 e. The number of carbonyl (C=O) groups is 2. The van der Waals surface area contributed by atoms with E-state index in [2.05, 4.69) is 53.2 Å². The average Bonchev–Trinajstić information content (AvgIpc) is 3.84. The van der Waals surface area contributed by atoms with Crippen LogP contribution < -0.4 is 5.32 Å². The maximum absolute atomic E-state index is 15.1. The SMILES string of the molecule is CC[C@H]1CCC[C@H](O[C@H]2CC[C@H](N(C)C)C(C)O2)[C@@H](C)C(=O)C2=C[C@H]3[C@@H]4C[C@H](O[C@@H]5OC(C)[C@H](OC)[C@@H](OC)C5OC)C[C@H]4[C@H](NCc4cc(F)ccc4Br)[C@@H](O)[C@H]3[C@@H]2CC(=O)O1. The lowest BCUT2D eigenvalue weighted by atomic mass is 9.62. The van der Waals surface area contributed by atoms with Crippen LogP contribution in [0.3, 0.4) is 0 Å². The van der Waals surface area contributed by atoms with E-state index < -0.39 is 60.8 Å². The van der Waals surface area contributed by atoms with Gasteiger partial charge in [0.2, 0.25) is 0 Å². The Morgan fingerprint density at radius 1 is 0.921 bits per heavy atom. The molecule has 15 heteroatoms. The Kier molecular flexibility index (Phi) is 16.6. The van der Waals surface area contributed by atoms with Crippen LogP contribution in [0, 0.1) is 41.3 Å². The molecule has 19 atom stereocenters. The number of aliphatic hydroxyl groups is 1. The maximum Gasteiger partial charge on any atom is 0.306 e. The van der Waals surface area contributed by atoms with Crippen molar-refractivity contribution < 1.29 is 57.0 Å². The number of benzene rings is 1. The molecule has 3 aliphatic heterocycles. The number of hydrogen-bond acceptors (Lipinski definition) is 13. The summed E-state index contributed by atoms with van der Waals surface area (Å²) in [7, 11) is 8.99. The molecule has 0 amide bonds. The average molecular weight is 952 g/mol. The standard InChI is InChI=1S/C48H72BrFN2O11/c1-10-29-12-11-13-38(63-40-17-16-37(52(5)6)25(3)59-40)24(2)43(54)35-21-32-31-19-30(62-48-47(58-9)46(57-8)45(56-7)26(4)60-48)20-34(31)42(44(55)41(32)33(35)22-39(53)61-29)51-23-27-18-28(50)14-15-36(27)49/h14-15,18,21,24-26,29-34,37-38,40-42,44-48,51,55H,10-13,16-17,19-20,22-23H2,1-9H3/t24-,25?,26?,29+,30+,31+,32+,33-,34-,37+,38+,40+,41-,42+,44+,45+,46-,47?,48+/m1/s1. The summed E-state index contributed by atoms with van der Waals surface area (Å²) in [5.74, 6) is -2.72. The Hall–Kier alpha value is -1.89. The van der Waals surface area contributed by atoms with E-state index in [4.69, 9.17) is 37.9 Å². The lowest BCUT2D eigenvalue weighted by Gasteiger charge is -2.47. The summed E-state index contributed by atoms with van der Waals surface area (Å²) < 4.78 is 65.4. The zero-order chi connectivity index (χ0) is 45.3. The summed E-state index contributed by atoms with van der Waals surface area (Å²) in [6.45, 7) is 8.26. The molecule has 63 heavy (non-hydrogen) atoms. The maximum atomic E-state index is 15.1. The third-order valence-electron chi connectivity index (χ3n) is 15.4. The van der Waals surface area contributed by atoms with Crippen LogP contribution in [-0.2, 0) is 54.0 Å². The van der Waals surface area contributed by atoms with Gasteiger partial charge in [-0.2, -0.15) is 0 Å². The van der Waals surface area contributed by atoms with Crippen LogP contribution in [0.4, 0.5) is 4.39 Å². The molecule has 0 bridgehead atoms. The van der Waals surface area contributed by atoms with Gasteiger partial charge in [0, 0.05) is 62.2 Å². The third-order valence-corrected chi connectivity index (χ3v) is 16.2. The summed E-state index contributed by atoms with van der Waals surface area (Å²) in [5, 5.41) is 16.4. The fraction of sp³-hybridized carbons (Fsp3) is 0.792. The number of rotatable bonds is 12. The van der Waals surface area contributed by atoms with Crippen LogP contribution in [0.1, 0.15) is 91.0 Å². The van der Waals surface area contributed by atoms with Gasteiger partial charge in [-0.25, -0.2) is 4.39 Å². The molecule has 0 spiro atoms. The second-order valence-electron chi connectivity index (χ2n) is 19.2. The summed E-state index contributed by atoms with van der Waals surface area (Å²) >= 11 is 3.59. The second-order valence-corrected chi connectivity index (χ2v) is 20.1. The topological polar surface area (TPSA) is 143 Å². The first-order valence-corrected chi connectivity index (χ1v) is 24.1. The van der Waals surface area contributed by atoms with Gasteiger partial charge in [-0.15, -0.1) is 0 Å². The van der Waals surface area contributed by atoms with Crippen molar-refractivity contribution in [3.05, 3.63) is 45.7 Å². The molecule has 0 aromatic heterocycles. The number of likely N-dealkylation sites (N-methyl/N-ethyl adjacent to an activating group) is 1. The lowest BCUT2D eigenvalue weighted by Crippen LogP contribution is -2.59. The normalized spacial score (nSPS) is 42.4. The van der Waals surface area contributed by atoms with Gasteiger partial charge in [-0.3, -0.25) is 9.59 Å². The predicted molar refractivity (Wildman–Crippen MR) is 236 cm³/mol. The van der Waals surface area contributed by atoms with Crippen molar-refractivity contribution >= 4 is 27.7 Å². The van der Waals surface area contributed by atoms with E-state index in [-0.39, 0.29) is 84.9 Å². The van der Waals surface area contributed by atoms with E-state index in [0.717, 1.165) is 23.7 Å². The molecule has 3 saturated heterocycles. The summed E-state index contributed by atoms with van der Waals surface area (Å²) in [5.41, 5.74) is 1.28. The number of ketones is 1. The molecule has 13 nitrogen and oxygen atoms in total. The molecule has 354 valence electrons. The minimum atomic E-state index is -0.960. The predicted octanol–water partition coefficient (Wildman–Crippen LogP) is 6.35. The van der Waals surface area contributed by atoms with Crippen LogP contribution in [0.25, 0.3) is 0 Å². The van der Waals surface area contributed by atoms with Crippen LogP contribution in [0.5, 0.6) is 0 Å². The van der Waals surface area contributed by atoms with Gasteiger partial charge >= 0.3 is 5.97 Å². The lowest BCUT2D eigenvalue weighted by molar-refractivity contribution is -0.314. The van der Waals surface area contributed by atoms with Gasteiger partial charge < -0.3 is 53.2 Å². The number of nitrogens with zero attached hydrogens (tertiary/aromatic N) is 1. The van der Waals surface area contributed by atoms with Gasteiger partial charge in [0.1, 0.15) is 30.2 Å². The third kappa shape index (κ3) is 10.5. The van der Waals surface area contributed by atoms with Gasteiger partial charge in [0.15, 0.2) is 18.4 Å². The van der Waals surface area contributed by atoms with Gasteiger partial charge in [-0.05, 0) is 126 Å². The molecule has 0 radical (unpaired) electrons. The van der Waals surface area contributed by atoms with E-state index in [1.807, 2.05) is 20.8 Å². The number of allylic oxidation sites excluding steroid dienone is 2. The van der Waals surface area contributed by atoms with Gasteiger partial charge in [0.25, 0.3) is 0 Å². The van der Waals surface area contributed by atoms with Crippen molar-refractivity contribution in [2.45, 2.75) is 172 Å². The molecular weight excluding hydrogens is 879 g/mol. The Morgan fingerprint density at radius 3 is 2.33 bits per heavy atom. The molecule has 1 aromatic carbocycles. The van der Waals surface area contributed by atoms with E-state index >= 15 is 4.79 Å². The van der Waals surface area contributed by atoms with Crippen molar-refractivity contribution in [3.8, 4) is 0 Å². The number of cyclic esters (lactones) is 1. The smallest absolute Gasteiger partial charge is 0.306 e. The number of hydrogen-bond donors (Lipinski definition) is 2. The number of methoxy groups -OCH3 is 3. The van der Waals surface area contributed by atoms with Crippen molar-refractivity contribution in [2.24, 2.45) is 35.5 Å². The van der Waals surface area contributed by atoms with Crippen molar-refractivity contribution in [1.82, 2.24) is 10.2 Å². The first kappa shape index (κ1) is 49.0. The van der Waals surface area contributed by atoms with Crippen LogP contribution in [0.15, 0.2) is 34.3 Å². The van der Waals surface area contributed by atoms with Gasteiger partial charge in [-0.1, -0.05) is 35.9 Å². The molecular formula is C48H72BrFN2O11. The summed E-state index contributed by atoms with van der Waals surface area (Å²) in [6.07, 6.45) is 2.74. The number of halogens is 2. The Labute approximate surface area is 381 Å². The molecule has 3 unspecified atom stereocenters. The van der Waals surface area contributed by atoms with E-state index in [0.29, 0.717) is 43.2 Å². The van der Waals surface area contributed by atoms with Crippen molar-refractivity contribution in [2.75, 3.05) is 35.4 Å². The Bertz CT molecular complexity index is 1760. The number of Topliss-reactive ketones (excluding diaryl/α,β-unsaturated/α-hetero) is 1. The molecule has 3 aliphatic carbocycles. The van der Waals surface area contributed by atoms with Gasteiger partial charge in [0.05, 0.1) is 36.9 Å². The number of fused-ring (bicyclic) bond motifs is 5. The van der Waals surface area contributed by atoms with Crippen LogP contribution in [0.2, 0.25) is 0 Å². The van der Waals surface area contributed by atoms with E-state index in [1.54, 1.807) is 27.4 Å². The molecule has 2 saturated carbocycles. The number of nitrogens with one attached hydrogen (secondary N) is 1. The monoisotopic (exact) mass is 950 g/mol. The van der Waals surface area contributed by atoms with E-state index in [1.165, 1.54) is 12.1 Å². The van der Waals surface area contributed by atoms with Crippen molar-refractivity contribution in [3.63, 3.8) is 0 Å². The highest BCUT2D eigenvalue weighted by molar-refractivity contribution is 9.10. The highest BCUT2D eigenvalue weighted by Gasteiger charge is 2.60. The van der Waals surface area contributed by atoms with Crippen molar-refractivity contribution in [1.29, 1.82) is 0 Å². The quantitative estimate of drug-likeness (QED) is 0.225. The first-order valence-electron chi connectivity index (χ1n) is 23.3. The van der Waals surface area contributed by atoms with E-state index in [9.17, 15) is 14.3 Å². The minimum absolute atomic E-state index is 0.0262. The zero-order valence-electron chi connectivity index (χ0n) is 38.6. The van der Waals surface area contributed by atoms with Crippen LogP contribution in [-0.4, -0.2) is 137 Å². The minimum Gasteiger partial charge on any atom is -0.462 e. The number of aliphatic hydroxyl groups excluding tert-OH is 1. The summed E-state index contributed by atoms with van der Waals surface area (Å²) in [6, 6.07) is 4.38. The molecule has 5 fully saturated rings. The molecule has 7 rings (SSSR count). The Morgan fingerprint density at radius 2 is 1.65 bits per heavy atom. The fourth-order valence-corrected chi connectivity index (χ4v) is 12.6. The second kappa shape index (κ2) is 21.4. The first-order chi connectivity index (χ1) is 30.2. The molecule has 1 aromatic rings. The number of carbonyl (C=O) groups excluding carboxylic acids is 2. The van der Waals surface area contributed by atoms with Crippen LogP contribution >= 0.6 is 15.9 Å². The Balaban J connectivity index is 1.20. The molecule has 6 aliphatic rings.